The van der Waals surface area contributed by atoms with Crippen molar-refractivity contribution in [3.63, 3.8) is 0 Å². The van der Waals surface area contributed by atoms with Crippen LogP contribution in [0.2, 0.25) is 5.02 Å². The van der Waals surface area contributed by atoms with Crippen LogP contribution in [0, 0.1) is 0 Å². The summed E-state index contributed by atoms with van der Waals surface area (Å²) >= 11 is 8.90. The summed E-state index contributed by atoms with van der Waals surface area (Å²) in [6.07, 6.45) is 2.37. The van der Waals surface area contributed by atoms with Gasteiger partial charge in [-0.1, -0.05) is 23.7 Å². The topological polar surface area (TPSA) is 94.3 Å². The number of carbonyl (C=O) groups is 2. The summed E-state index contributed by atoms with van der Waals surface area (Å²) in [5.74, 6) is 0.186. The SMILES string of the molecule is CSCC[C@H](NC(N)=O)C(=O)OCc1csc(-c2ccc(Cl)cc2)n1. The minimum Gasteiger partial charge on any atom is -0.458 e. The molecule has 0 saturated heterocycles. The van der Waals surface area contributed by atoms with E-state index in [4.69, 9.17) is 22.1 Å². The second-order valence-corrected chi connectivity index (χ2v) is 7.38. The monoisotopic (exact) mass is 399 g/mol. The Morgan fingerprint density at radius 1 is 1.40 bits per heavy atom. The van der Waals surface area contributed by atoms with E-state index in [1.807, 2.05) is 23.8 Å². The number of hydrogen-bond donors (Lipinski definition) is 2. The van der Waals surface area contributed by atoms with Gasteiger partial charge in [-0.2, -0.15) is 11.8 Å². The number of primary amides is 1. The highest BCUT2D eigenvalue weighted by atomic mass is 35.5. The first-order valence-corrected chi connectivity index (χ1v) is 10.1. The number of thioether (sulfide) groups is 1. The Morgan fingerprint density at radius 3 is 2.76 bits per heavy atom. The molecule has 0 saturated carbocycles. The van der Waals surface area contributed by atoms with Gasteiger partial charge in [0.1, 0.15) is 17.7 Å². The Kier molecular flexibility index (Phi) is 7.54. The average molecular weight is 400 g/mol. The molecular formula is C16H18ClN3O3S2. The Balaban J connectivity index is 1.94. The van der Waals surface area contributed by atoms with E-state index in [0.717, 1.165) is 10.6 Å². The summed E-state index contributed by atoms with van der Waals surface area (Å²) in [6.45, 7) is 0.0408. The highest BCUT2D eigenvalue weighted by Crippen LogP contribution is 2.25. The lowest BCUT2D eigenvalue weighted by atomic mass is 10.2. The van der Waals surface area contributed by atoms with Crippen LogP contribution in [0.15, 0.2) is 29.6 Å². The van der Waals surface area contributed by atoms with Crippen molar-refractivity contribution >= 4 is 46.7 Å². The van der Waals surface area contributed by atoms with Crippen molar-refractivity contribution in [2.45, 2.75) is 19.1 Å². The fourth-order valence-corrected chi connectivity index (χ4v) is 3.41. The van der Waals surface area contributed by atoms with Gasteiger partial charge in [0.25, 0.3) is 0 Å². The predicted molar refractivity (Wildman–Crippen MR) is 102 cm³/mol. The van der Waals surface area contributed by atoms with Gasteiger partial charge in [-0.3, -0.25) is 0 Å². The molecule has 0 aliphatic heterocycles. The standard InChI is InChI=1S/C16H18ClN3O3S2/c1-24-7-6-13(20-16(18)22)15(21)23-8-12-9-25-14(19-12)10-2-4-11(17)5-3-10/h2-5,9,13H,6-8H2,1H3,(H3,18,20,22)/t13-/m0/s1. The quantitative estimate of drug-likeness (QED) is 0.664. The minimum absolute atomic E-state index is 0.0408. The van der Waals surface area contributed by atoms with Gasteiger partial charge < -0.3 is 15.8 Å². The maximum Gasteiger partial charge on any atom is 0.329 e. The molecule has 1 atom stereocenters. The van der Waals surface area contributed by atoms with Crippen molar-refractivity contribution in [3.8, 4) is 10.6 Å². The Morgan fingerprint density at radius 2 is 2.12 bits per heavy atom. The largest absolute Gasteiger partial charge is 0.458 e. The van der Waals surface area contributed by atoms with E-state index in [2.05, 4.69) is 10.3 Å². The Hall–Kier alpha value is -1.77. The lowest BCUT2D eigenvalue weighted by molar-refractivity contribution is -0.147. The van der Waals surface area contributed by atoms with E-state index in [1.165, 1.54) is 11.3 Å². The van der Waals surface area contributed by atoms with Crippen LogP contribution in [0.1, 0.15) is 12.1 Å². The molecule has 0 aliphatic rings. The van der Waals surface area contributed by atoms with Crippen LogP contribution in [-0.2, 0) is 16.1 Å². The predicted octanol–water partition coefficient (Wildman–Crippen LogP) is 3.30. The summed E-state index contributed by atoms with van der Waals surface area (Å²) in [7, 11) is 0. The lowest BCUT2D eigenvalue weighted by Crippen LogP contribution is -2.44. The highest BCUT2D eigenvalue weighted by molar-refractivity contribution is 7.98. The molecule has 1 aromatic carbocycles. The van der Waals surface area contributed by atoms with Gasteiger partial charge in [0.2, 0.25) is 0 Å². The summed E-state index contributed by atoms with van der Waals surface area (Å²) < 4.78 is 5.26. The van der Waals surface area contributed by atoms with Crippen LogP contribution in [0.4, 0.5) is 4.79 Å². The minimum atomic E-state index is -0.751. The summed E-state index contributed by atoms with van der Waals surface area (Å²) in [6, 6.07) is 5.85. The molecule has 25 heavy (non-hydrogen) atoms. The normalized spacial score (nSPS) is 11.8. The molecule has 2 rings (SSSR count). The number of nitrogens with one attached hydrogen (secondary N) is 1. The van der Waals surface area contributed by atoms with E-state index in [0.29, 0.717) is 22.9 Å². The van der Waals surface area contributed by atoms with Gasteiger partial charge in [-0.25, -0.2) is 14.6 Å². The lowest BCUT2D eigenvalue weighted by Gasteiger charge is -2.15. The zero-order chi connectivity index (χ0) is 18.2. The molecule has 1 heterocycles. The molecule has 6 nitrogen and oxygen atoms in total. The maximum absolute atomic E-state index is 12.1. The summed E-state index contributed by atoms with van der Waals surface area (Å²) in [5, 5.41) is 5.71. The zero-order valence-corrected chi connectivity index (χ0v) is 15.9. The van der Waals surface area contributed by atoms with Crippen molar-refractivity contribution in [2.24, 2.45) is 5.73 Å². The second kappa shape index (κ2) is 9.65. The van der Waals surface area contributed by atoms with Crippen molar-refractivity contribution < 1.29 is 14.3 Å². The van der Waals surface area contributed by atoms with Gasteiger partial charge in [-0.15, -0.1) is 11.3 Å². The maximum atomic E-state index is 12.1. The van der Waals surface area contributed by atoms with Gasteiger partial charge in [0.15, 0.2) is 0 Å². The van der Waals surface area contributed by atoms with Gasteiger partial charge in [0.05, 0.1) is 5.69 Å². The summed E-state index contributed by atoms with van der Waals surface area (Å²) in [5.41, 5.74) is 6.69. The number of urea groups is 1. The molecule has 0 spiro atoms. The van der Waals surface area contributed by atoms with Crippen LogP contribution >= 0.6 is 34.7 Å². The van der Waals surface area contributed by atoms with E-state index in [9.17, 15) is 9.59 Å². The van der Waals surface area contributed by atoms with Gasteiger partial charge in [-0.05, 0) is 30.6 Å². The third-order valence-corrected chi connectivity index (χ3v) is 5.05. The van der Waals surface area contributed by atoms with Crippen LogP contribution in [-0.4, -0.2) is 35.0 Å². The molecule has 0 radical (unpaired) electrons. The van der Waals surface area contributed by atoms with Gasteiger partial charge in [0, 0.05) is 16.0 Å². The van der Waals surface area contributed by atoms with E-state index >= 15 is 0 Å². The molecule has 3 N–H and O–H groups in total. The molecule has 0 unspecified atom stereocenters. The third-order valence-electron chi connectivity index (χ3n) is 3.22. The highest BCUT2D eigenvalue weighted by Gasteiger charge is 2.21. The number of carbonyl (C=O) groups excluding carboxylic acids is 2. The molecule has 1 aromatic heterocycles. The smallest absolute Gasteiger partial charge is 0.329 e. The van der Waals surface area contributed by atoms with E-state index in [-0.39, 0.29) is 6.61 Å². The van der Waals surface area contributed by atoms with Crippen LogP contribution in [0.5, 0.6) is 0 Å². The number of thiazole rings is 1. The number of halogens is 1. The Bertz CT molecular complexity index is 722. The number of rotatable bonds is 8. The number of hydrogen-bond acceptors (Lipinski definition) is 6. The van der Waals surface area contributed by atoms with Crippen molar-refractivity contribution in [3.05, 3.63) is 40.4 Å². The Labute approximate surface area is 159 Å². The van der Waals surface area contributed by atoms with Gasteiger partial charge >= 0.3 is 12.0 Å². The van der Waals surface area contributed by atoms with Crippen LogP contribution in [0.25, 0.3) is 10.6 Å². The van der Waals surface area contributed by atoms with Crippen molar-refractivity contribution in [2.75, 3.05) is 12.0 Å². The fourth-order valence-electron chi connectivity index (χ4n) is 2.00. The number of nitrogens with zero attached hydrogens (tertiary/aromatic N) is 1. The number of ether oxygens (including phenoxy) is 1. The molecule has 0 fully saturated rings. The number of amides is 2. The molecule has 0 aliphatic carbocycles. The fraction of sp³-hybridized carbons (Fsp3) is 0.312. The number of esters is 1. The second-order valence-electron chi connectivity index (χ2n) is 5.10. The molecule has 2 aromatic rings. The van der Waals surface area contributed by atoms with Crippen LogP contribution in [0.3, 0.4) is 0 Å². The first-order chi connectivity index (χ1) is 12.0. The van der Waals surface area contributed by atoms with Crippen molar-refractivity contribution in [1.29, 1.82) is 0 Å². The molecule has 134 valence electrons. The molecule has 0 bridgehead atoms. The zero-order valence-electron chi connectivity index (χ0n) is 13.5. The summed E-state index contributed by atoms with van der Waals surface area (Å²) in [4.78, 5) is 27.6. The first-order valence-electron chi connectivity index (χ1n) is 7.41. The third kappa shape index (κ3) is 6.22. The van der Waals surface area contributed by atoms with Crippen LogP contribution < -0.4 is 11.1 Å². The van der Waals surface area contributed by atoms with E-state index < -0.39 is 18.0 Å². The molecule has 9 heteroatoms. The number of aromatic nitrogens is 1. The number of benzene rings is 1. The first kappa shape index (κ1) is 19.6. The number of nitrogens with two attached hydrogens (primary N) is 1. The molecule has 2 amide bonds. The molecular weight excluding hydrogens is 382 g/mol. The van der Waals surface area contributed by atoms with E-state index in [1.54, 1.807) is 23.9 Å². The average Bonchev–Trinajstić information content (AvgIpc) is 3.05. The van der Waals surface area contributed by atoms with Crippen molar-refractivity contribution in [1.82, 2.24) is 10.3 Å².